The van der Waals surface area contributed by atoms with Crippen LogP contribution in [-0.4, -0.2) is 6.04 Å². The van der Waals surface area contributed by atoms with Gasteiger partial charge in [0.25, 0.3) is 0 Å². The van der Waals surface area contributed by atoms with E-state index in [2.05, 4.69) is 26.0 Å². The first-order chi connectivity index (χ1) is 4.81. The van der Waals surface area contributed by atoms with Gasteiger partial charge in [0.15, 0.2) is 0 Å². The molecule has 0 aliphatic carbocycles. The third kappa shape index (κ3) is 5.83. The molecule has 2 N–H and O–H groups in total. The highest BCUT2D eigenvalue weighted by molar-refractivity contribution is 4.81. The van der Waals surface area contributed by atoms with Crippen LogP contribution in [0.2, 0.25) is 0 Å². The van der Waals surface area contributed by atoms with E-state index in [1.54, 1.807) is 0 Å². The molecule has 0 radical (unpaired) electrons. The molecule has 0 aromatic rings. The molecule has 1 atom stereocenters. The van der Waals surface area contributed by atoms with Gasteiger partial charge < -0.3 is 5.73 Å². The molecule has 0 aromatic carbocycles. The molecule has 0 amide bonds. The summed E-state index contributed by atoms with van der Waals surface area (Å²) in [6.07, 6.45) is 8.93. The zero-order chi connectivity index (χ0) is 7.82. The summed E-state index contributed by atoms with van der Waals surface area (Å²) in [5, 5.41) is 0. The molecule has 0 saturated heterocycles. The van der Waals surface area contributed by atoms with E-state index in [0.717, 1.165) is 25.7 Å². The average Bonchev–Trinajstić information content (AvgIpc) is 1.98. The maximum atomic E-state index is 5.72. The topological polar surface area (TPSA) is 26.0 Å². The minimum Gasteiger partial charge on any atom is -0.328 e. The van der Waals surface area contributed by atoms with Crippen molar-refractivity contribution in [3.05, 3.63) is 12.2 Å². The monoisotopic (exact) mass is 141 g/mol. The molecular weight excluding hydrogens is 122 g/mol. The molecular formula is C9H19N. The Bertz CT molecular complexity index is 86.7. The van der Waals surface area contributed by atoms with Crippen LogP contribution in [0.25, 0.3) is 0 Å². The summed E-state index contributed by atoms with van der Waals surface area (Å²) >= 11 is 0. The summed E-state index contributed by atoms with van der Waals surface area (Å²) in [6, 6.07) is 0.404. The molecule has 0 heterocycles. The number of hydrogen-bond donors (Lipinski definition) is 1. The fourth-order valence-corrected chi connectivity index (χ4v) is 0.799. The summed E-state index contributed by atoms with van der Waals surface area (Å²) in [7, 11) is 0. The summed E-state index contributed by atoms with van der Waals surface area (Å²) in [5.41, 5.74) is 5.72. The Balaban J connectivity index is 3.10. The zero-order valence-corrected chi connectivity index (χ0v) is 7.14. The summed E-state index contributed by atoms with van der Waals surface area (Å²) in [4.78, 5) is 0. The molecule has 60 valence electrons. The van der Waals surface area contributed by atoms with Crippen LogP contribution < -0.4 is 5.73 Å². The molecule has 0 aromatic heterocycles. The van der Waals surface area contributed by atoms with Crippen molar-refractivity contribution in [1.82, 2.24) is 0 Å². The van der Waals surface area contributed by atoms with E-state index in [1.807, 2.05) is 0 Å². The molecule has 0 saturated carbocycles. The Kier molecular flexibility index (Phi) is 6.61. The molecule has 0 aliphatic heterocycles. The van der Waals surface area contributed by atoms with Crippen molar-refractivity contribution in [1.29, 1.82) is 0 Å². The summed E-state index contributed by atoms with van der Waals surface area (Å²) in [6.45, 7) is 4.28. The van der Waals surface area contributed by atoms with Crippen molar-refractivity contribution in [2.24, 2.45) is 5.73 Å². The predicted octanol–water partition coefficient (Wildman–Crippen LogP) is 2.47. The fraction of sp³-hybridized carbons (Fsp3) is 0.778. The van der Waals surface area contributed by atoms with Crippen molar-refractivity contribution in [3.63, 3.8) is 0 Å². The predicted molar refractivity (Wildman–Crippen MR) is 46.9 cm³/mol. The van der Waals surface area contributed by atoms with Crippen LogP contribution in [0.5, 0.6) is 0 Å². The summed E-state index contributed by atoms with van der Waals surface area (Å²) < 4.78 is 0. The zero-order valence-electron chi connectivity index (χ0n) is 7.14. The fourth-order valence-electron chi connectivity index (χ4n) is 0.799. The quantitative estimate of drug-likeness (QED) is 0.585. The molecule has 1 unspecified atom stereocenters. The van der Waals surface area contributed by atoms with Crippen LogP contribution >= 0.6 is 0 Å². The minimum atomic E-state index is 0.404. The van der Waals surface area contributed by atoms with Gasteiger partial charge in [0, 0.05) is 6.04 Å². The maximum absolute atomic E-state index is 5.72. The van der Waals surface area contributed by atoms with Crippen molar-refractivity contribution in [3.8, 4) is 0 Å². The van der Waals surface area contributed by atoms with Crippen molar-refractivity contribution >= 4 is 0 Å². The van der Waals surface area contributed by atoms with Gasteiger partial charge in [-0.2, -0.15) is 0 Å². The van der Waals surface area contributed by atoms with Gasteiger partial charge in [0.2, 0.25) is 0 Å². The SMILES string of the molecule is CC/C=C\CCC(N)CC. The average molecular weight is 141 g/mol. The maximum Gasteiger partial charge on any atom is 0.00391 e. The van der Waals surface area contributed by atoms with Gasteiger partial charge in [-0.1, -0.05) is 26.0 Å². The van der Waals surface area contributed by atoms with E-state index in [-0.39, 0.29) is 0 Å². The lowest BCUT2D eigenvalue weighted by molar-refractivity contribution is 0.602. The van der Waals surface area contributed by atoms with Gasteiger partial charge in [-0.05, 0) is 25.7 Å². The second kappa shape index (κ2) is 6.81. The lowest BCUT2D eigenvalue weighted by Crippen LogP contribution is -2.17. The lowest BCUT2D eigenvalue weighted by Gasteiger charge is -2.04. The molecule has 0 fully saturated rings. The highest BCUT2D eigenvalue weighted by Crippen LogP contribution is 1.99. The molecule has 10 heavy (non-hydrogen) atoms. The van der Waals surface area contributed by atoms with E-state index in [4.69, 9.17) is 5.73 Å². The largest absolute Gasteiger partial charge is 0.328 e. The van der Waals surface area contributed by atoms with Crippen molar-refractivity contribution in [2.45, 2.75) is 45.6 Å². The van der Waals surface area contributed by atoms with Crippen LogP contribution in [0.15, 0.2) is 12.2 Å². The number of rotatable bonds is 5. The van der Waals surface area contributed by atoms with E-state index >= 15 is 0 Å². The van der Waals surface area contributed by atoms with E-state index < -0.39 is 0 Å². The van der Waals surface area contributed by atoms with Crippen LogP contribution in [0, 0.1) is 0 Å². The first-order valence-corrected chi connectivity index (χ1v) is 4.21. The summed E-state index contributed by atoms with van der Waals surface area (Å²) in [5.74, 6) is 0. The Labute approximate surface area is 64.3 Å². The van der Waals surface area contributed by atoms with Gasteiger partial charge in [-0.15, -0.1) is 0 Å². The number of nitrogens with two attached hydrogens (primary N) is 1. The highest BCUT2D eigenvalue weighted by Gasteiger charge is 1.94. The highest BCUT2D eigenvalue weighted by atomic mass is 14.6. The van der Waals surface area contributed by atoms with Crippen molar-refractivity contribution < 1.29 is 0 Å². The molecule has 1 nitrogen and oxygen atoms in total. The Hall–Kier alpha value is -0.300. The van der Waals surface area contributed by atoms with E-state index in [1.165, 1.54) is 0 Å². The second-order valence-electron chi connectivity index (χ2n) is 2.63. The third-order valence-electron chi connectivity index (χ3n) is 1.63. The van der Waals surface area contributed by atoms with Gasteiger partial charge in [0.05, 0.1) is 0 Å². The van der Waals surface area contributed by atoms with Crippen molar-refractivity contribution in [2.75, 3.05) is 0 Å². The molecule has 1 heteroatoms. The molecule has 0 spiro atoms. The van der Waals surface area contributed by atoms with Crippen LogP contribution in [-0.2, 0) is 0 Å². The number of allylic oxidation sites excluding steroid dienone is 2. The Morgan fingerprint density at radius 1 is 1.30 bits per heavy atom. The van der Waals surface area contributed by atoms with Gasteiger partial charge in [-0.25, -0.2) is 0 Å². The molecule has 0 rings (SSSR count). The van der Waals surface area contributed by atoms with Crippen LogP contribution in [0.3, 0.4) is 0 Å². The first kappa shape index (κ1) is 9.70. The Morgan fingerprint density at radius 2 is 2.00 bits per heavy atom. The smallest absolute Gasteiger partial charge is 0.00391 e. The van der Waals surface area contributed by atoms with Crippen LogP contribution in [0.1, 0.15) is 39.5 Å². The van der Waals surface area contributed by atoms with E-state index in [0.29, 0.717) is 6.04 Å². The number of hydrogen-bond acceptors (Lipinski definition) is 1. The molecule has 0 bridgehead atoms. The third-order valence-corrected chi connectivity index (χ3v) is 1.63. The molecule has 0 aliphatic rings. The lowest BCUT2D eigenvalue weighted by atomic mass is 10.1. The van der Waals surface area contributed by atoms with E-state index in [9.17, 15) is 0 Å². The van der Waals surface area contributed by atoms with Gasteiger partial charge in [0.1, 0.15) is 0 Å². The second-order valence-corrected chi connectivity index (χ2v) is 2.63. The van der Waals surface area contributed by atoms with Gasteiger partial charge >= 0.3 is 0 Å². The Morgan fingerprint density at radius 3 is 2.50 bits per heavy atom. The standard InChI is InChI=1S/C9H19N/c1-3-5-6-7-8-9(10)4-2/h5-6,9H,3-4,7-8,10H2,1-2H3/b6-5-. The first-order valence-electron chi connectivity index (χ1n) is 4.21. The van der Waals surface area contributed by atoms with Crippen LogP contribution in [0.4, 0.5) is 0 Å². The minimum absolute atomic E-state index is 0.404. The normalized spacial score (nSPS) is 14.3. The van der Waals surface area contributed by atoms with Gasteiger partial charge in [-0.3, -0.25) is 0 Å².